The van der Waals surface area contributed by atoms with Crippen molar-refractivity contribution in [3.8, 4) is 0 Å². The Morgan fingerprint density at radius 3 is 2.60 bits per heavy atom. The lowest BCUT2D eigenvalue weighted by molar-refractivity contribution is 0.321. The Morgan fingerprint density at radius 2 is 2.05 bits per heavy atom. The predicted molar refractivity (Wildman–Crippen MR) is 76.5 cm³/mol. The van der Waals surface area contributed by atoms with Gasteiger partial charge in [0.15, 0.2) is 0 Å². The lowest BCUT2D eigenvalue weighted by atomic mass is 10.2. The zero-order valence-electron chi connectivity index (χ0n) is 11.5. The standard InChI is InChI=1S/C13H17N3O3S/c1-3-4-12(15-16-14)9-10-19-20(17,18)13-7-5-11(2)6-8-13/h4-8H,3,9-10H2,1-2H3/b12-4-. The number of azide groups is 1. The van der Waals surface area contributed by atoms with E-state index in [0.717, 1.165) is 5.56 Å². The van der Waals surface area contributed by atoms with Crippen molar-refractivity contribution in [1.82, 2.24) is 0 Å². The van der Waals surface area contributed by atoms with Crippen molar-refractivity contribution in [2.45, 2.75) is 31.6 Å². The first kappa shape index (κ1) is 16.2. The van der Waals surface area contributed by atoms with Crippen molar-refractivity contribution in [2.24, 2.45) is 5.11 Å². The third kappa shape index (κ3) is 5.05. The van der Waals surface area contributed by atoms with Crippen LogP contribution in [0.4, 0.5) is 0 Å². The first-order chi connectivity index (χ1) is 9.49. The zero-order valence-corrected chi connectivity index (χ0v) is 12.3. The van der Waals surface area contributed by atoms with E-state index in [2.05, 4.69) is 10.0 Å². The van der Waals surface area contributed by atoms with Gasteiger partial charge in [-0.15, -0.1) is 0 Å². The van der Waals surface area contributed by atoms with Crippen LogP contribution in [0.15, 0.2) is 46.0 Å². The molecule has 1 aromatic rings. The van der Waals surface area contributed by atoms with Crippen LogP contribution in [0.1, 0.15) is 25.3 Å². The maximum atomic E-state index is 11.9. The van der Waals surface area contributed by atoms with E-state index < -0.39 is 10.1 Å². The average molecular weight is 295 g/mol. The molecule has 0 aliphatic heterocycles. The summed E-state index contributed by atoms with van der Waals surface area (Å²) in [5.41, 5.74) is 9.84. The Bertz CT molecular complexity index is 615. The van der Waals surface area contributed by atoms with Crippen LogP contribution >= 0.6 is 0 Å². The maximum absolute atomic E-state index is 11.9. The molecule has 0 unspecified atom stereocenters. The SMILES string of the molecule is CC/C=C(/CCOS(=O)(=O)c1ccc(C)cc1)N=[N+]=[N-]. The quantitative estimate of drug-likeness (QED) is 0.332. The molecule has 0 fully saturated rings. The lowest BCUT2D eigenvalue weighted by Crippen LogP contribution is -2.08. The highest BCUT2D eigenvalue weighted by molar-refractivity contribution is 7.86. The van der Waals surface area contributed by atoms with Gasteiger partial charge in [0.1, 0.15) is 0 Å². The van der Waals surface area contributed by atoms with Crippen molar-refractivity contribution < 1.29 is 12.6 Å². The Balaban J connectivity index is 2.66. The molecule has 0 atom stereocenters. The molecule has 1 aromatic carbocycles. The van der Waals surface area contributed by atoms with Crippen LogP contribution in [-0.2, 0) is 14.3 Å². The number of rotatable bonds is 7. The van der Waals surface area contributed by atoms with E-state index in [4.69, 9.17) is 9.71 Å². The second kappa shape index (κ2) is 7.69. The summed E-state index contributed by atoms with van der Waals surface area (Å²) in [5.74, 6) is 0. The summed E-state index contributed by atoms with van der Waals surface area (Å²) < 4.78 is 28.7. The minimum Gasteiger partial charge on any atom is -0.266 e. The van der Waals surface area contributed by atoms with E-state index >= 15 is 0 Å². The molecule has 0 aliphatic carbocycles. The predicted octanol–water partition coefficient (Wildman–Crippen LogP) is 3.69. The molecule has 20 heavy (non-hydrogen) atoms. The molecule has 0 radical (unpaired) electrons. The fraction of sp³-hybridized carbons (Fsp3) is 0.385. The summed E-state index contributed by atoms with van der Waals surface area (Å²) in [5, 5.41) is 3.48. The maximum Gasteiger partial charge on any atom is 0.296 e. The molecule has 0 heterocycles. The topological polar surface area (TPSA) is 92.1 Å². The van der Waals surface area contributed by atoms with Crippen molar-refractivity contribution in [2.75, 3.05) is 6.61 Å². The average Bonchev–Trinajstić information content (AvgIpc) is 2.39. The molecule has 0 N–H and O–H groups in total. The smallest absolute Gasteiger partial charge is 0.266 e. The van der Waals surface area contributed by atoms with Gasteiger partial charge in [0.2, 0.25) is 0 Å². The third-order valence-corrected chi connectivity index (χ3v) is 3.85. The molecule has 0 saturated heterocycles. The number of aryl methyl sites for hydroxylation is 1. The molecule has 0 spiro atoms. The molecule has 0 aliphatic rings. The number of hydrogen-bond acceptors (Lipinski definition) is 4. The molecule has 1 rings (SSSR count). The van der Waals surface area contributed by atoms with Crippen molar-refractivity contribution in [3.63, 3.8) is 0 Å². The van der Waals surface area contributed by atoms with Crippen LogP contribution in [0, 0.1) is 6.92 Å². The van der Waals surface area contributed by atoms with Crippen LogP contribution in [0.25, 0.3) is 10.4 Å². The van der Waals surface area contributed by atoms with Gasteiger partial charge in [0.05, 0.1) is 11.5 Å². The van der Waals surface area contributed by atoms with Gasteiger partial charge in [-0.3, -0.25) is 4.18 Å². The highest BCUT2D eigenvalue weighted by Gasteiger charge is 2.14. The highest BCUT2D eigenvalue weighted by atomic mass is 32.2. The second-order valence-corrected chi connectivity index (χ2v) is 5.75. The molecule has 6 nitrogen and oxygen atoms in total. The van der Waals surface area contributed by atoms with Gasteiger partial charge in [-0.2, -0.15) is 8.42 Å². The van der Waals surface area contributed by atoms with Crippen LogP contribution in [0.2, 0.25) is 0 Å². The van der Waals surface area contributed by atoms with Crippen LogP contribution in [0.5, 0.6) is 0 Å². The van der Waals surface area contributed by atoms with Crippen molar-refractivity contribution in [3.05, 3.63) is 52.0 Å². The minimum atomic E-state index is -3.76. The first-order valence-corrected chi connectivity index (χ1v) is 7.60. The fourth-order valence-corrected chi connectivity index (χ4v) is 2.42. The number of benzene rings is 1. The van der Waals surface area contributed by atoms with Gasteiger partial charge in [-0.25, -0.2) is 0 Å². The van der Waals surface area contributed by atoms with Gasteiger partial charge in [-0.1, -0.05) is 35.8 Å². The number of nitrogens with zero attached hydrogens (tertiary/aromatic N) is 3. The third-order valence-electron chi connectivity index (χ3n) is 2.52. The molecule has 0 amide bonds. The van der Waals surface area contributed by atoms with E-state index in [1.807, 2.05) is 13.8 Å². The monoisotopic (exact) mass is 295 g/mol. The van der Waals surface area contributed by atoms with Crippen molar-refractivity contribution in [1.29, 1.82) is 0 Å². The minimum absolute atomic E-state index is 0.0545. The van der Waals surface area contributed by atoms with E-state index in [-0.39, 0.29) is 17.9 Å². The summed E-state index contributed by atoms with van der Waals surface area (Å²) in [7, 11) is -3.76. The first-order valence-electron chi connectivity index (χ1n) is 6.20. The summed E-state index contributed by atoms with van der Waals surface area (Å²) in [6.07, 6.45) is 2.70. The molecule has 0 bridgehead atoms. The van der Waals surface area contributed by atoms with Crippen LogP contribution in [0.3, 0.4) is 0 Å². The molecule has 0 aromatic heterocycles. The van der Waals surface area contributed by atoms with Gasteiger partial charge in [0.25, 0.3) is 10.1 Å². The summed E-state index contributed by atoms with van der Waals surface area (Å²) in [6, 6.07) is 6.42. The summed E-state index contributed by atoms with van der Waals surface area (Å²) in [6.45, 7) is 3.72. The fourth-order valence-electron chi connectivity index (χ4n) is 1.51. The zero-order chi connectivity index (χ0) is 15.0. The van der Waals surface area contributed by atoms with E-state index in [1.54, 1.807) is 18.2 Å². The Hall–Kier alpha value is -1.82. The summed E-state index contributed by atoms with van der Waals surface area (Å²) >= 11 is 0. The largest absolute Gasteiger partial charge is 0.296 e. The van der Waals surface area contributed by atoms with Crippen LogP contribution < -0.4 is 0 Å². The molecule has 7 heteroatoms. The number of allylic oxidation sites excluding steroid dienone is 1. The number of hydrogen-bond donors (Lipinski definition) is 0. The van der Waals surface area contributed by atoms with E-state index in [1.165, 1.54) is 12.1 Å². The molecule has 0 saturated carbocycles. The molecule has 108 valence electrons. The van der Waals surface area contributed by atoms with Gasteiger partial charge >= 0.3 is 0 Å². The normalized spacial score (nSPS) is 12.0. The second-order valence-electron chi connectivity index (χ2n) is 4.13. The Morgan fingerprint density at radius 1 is 1.40 bits per heavy atom. The highest BCUT2D eigenvalue weighted by Crippen LogP contribution is 2.15. The van der Waals surface area contributed by atoms with E-state index in [9.17, 15) is 8.42 Å². The Labute approximate surface area is 118 Å². The van der Waals surface area contributed by atoms with Gasteiger partial charge < -0.3 is 0 Å². The van der Waals surface area contributed by atoms with Gasteiger partial charge in [0, 0.05) is 10.6 Å². The summed E-state index contributed by atoms with van der Waals surface area (Å²) in [4.78, 5) is 2.81. The van der Waals surface area contributed by atoms with Crippen molar-refractivity contribution >= 4 is 10.1 Å². The van der Waals surface area contributed by atoms with Crippen LogP contribution in [-0.4, -0.2) is 15.0 Å². The van der Waals surface area contributed by atoms with Gasteiger partial charge in [-0.05, 0) is 37.4 Å². The molecular weight excluding hydrogens is 278 g/mol. The lowest BCUT2D eigenvalue weighted by Gasteiger charge is -2.06. The molecular formula is C13H17N3O3S. The van der Waals surface area contributed by atoms with E-state index in [0.29, 0.717) is 12.1 Å². The Kier molecular flexibility index (Phi) is 6.24.